The zero-order valence-corrected chi connectivity index (χ0v) is 13.7. The summed E-state index contributed by atoms with van der Waals surface area (Å²) in [4.78, 5) is 12.1. The van der Waals surface area contributed by atoms with Gasteiger partial charge in [-0.1, -0.05) is 28.1 Å². The lowest BCUT2D eigenvalue weighted by atomic mass is 10.1. The smallest absolute Gasteiger partial charge is 0.251 e. The predicted octanol–water partition coefficient (Wildman–Crippen LogP) is 3.74. The Morgan fingerprint density at radius 1 is 1.24 bits per heavy atom. The third-order valence-electron chi connectivity index (χ3n) is 3.25. The van der Waals surface area contributed by atoms with E-state index in [1.165, 1.54) is 0 Å². The van der Waals surface area contributed by atoms with E-state index in [1.54, 1.807) is 7.11 Å². The number of aryl methyl sites for hydroxylation is 1. The van der Waals surface area contributed by atoms with Crippen LogP contribution in [0.1, 0.15) is 21.5 Å². The van der Waals surface area contributed by atoms with Gasteiger partial charge in [-0.2, -0.15) is 0 Å². The number of amides is 1. The molecule has 1 amide bonds. The summed E-state index contributed by atoms with van der Waals surface area (Å²) in [6, 6.07) is 13.5. The number of rotatable bonds is 5. The van der Waals surface area contributed by atoms with E-state index in [4.69, 9.17) is 4.74 Å². The van der Waals surface area contributed by atoms with Gasteiger partial charge >= 0.3 is 0 Å². The first-order valence-electron chi connectivity index (χ1n) is 6.77. The summed E-state index contributed by atoms with van der Waals surface area (Å²) in [5, 5.41) is 2.94. The van der Waals surface area contributed by atoms with Crippen LogP contribution in [-0.4, -0.2) is 19.6 Å². The Balaban J connectivity index is 1.90. The number of hydrogen-bond acceptors (Lipinski definition) is 2. The van der Waals surface area contributed by atoms with E-state index >= 15 is 0 Å². The molecule has 0 radical (unpaired) electrons. The second-order valence-electron chi connectivity index (χ2n) is 4.82. The van der Waals surface area contributed by atoms with Crippen LogP contribution >= 0.6 is 15.9 Å². The van der Waals surface area contributed by atoms with E-state index in [9.17, 15) is 4.79 Å². The van der Waals surface area contributed by atoms with Crippen molar-refractivity contribution >= 4 is 21.8 Å². The van der Waals surface area contributed by atoms with Gasteiger partial charge in [-0.25, -0.2) is 0 Å². The molecule has 2 aromatic rings. The molecule has 3 nitrogen and oxygen atoms in total. The Morgan fingerprint density at radius 2 is 2.05 bits per heavy atom. The quantitative estimate of drug-likeness (QED) is 0.894. The molecule has 0 saturated heterocycles. The third kappa shape index (κ3) is 4.33. The molecule has 0 atom stereocenters. The first-order chi connectivity index (χ1) is 10.1. The van der Waals surface area contributed by atoms with Crippen LogP contribution in [-0.2, 0) is 6.42 Å². The molecule has 0 aliphatic rings. The lowest BCUT2D eigenvalue weighted by Gasteiger charge is -2.08. The fraction of sp³-hybridized carbons (Fsp3) is 0.235. The Bertz CT molecular complexity index is 640. The highest BCUT2D eigenvalue weighted by Crippen LogP contribution is 2.17. The van der Waals surface area contributed by atoms with Crippen LogP contribution < -0.4 is 10.1 Å². The summed E-state index contributed by atoms with van der Waals surface area (Å²) in [6.45, 7) is 2.57. The minimum Gasteiger partial charge on any atom is -0.497 e. The Morgan fingerprint density at radius 3 is 2.76 bits per heavy atom. The number of halogens is 1. The van der Waals surface area contributed by atoms with Gasteiger partial charge in [0.25, 0.3) is 5.91 Å². The van der Waals surface area contributed by atoms with Crippen molar-refractivity contribution in [2.45, 2.75) is 13.3 Å². The van der Waals surface area contributed by atoms with Crippen LogP contribution in [0.2, 0.25) is 0 Å². The van der Waals surface area contributed by atoms with Crippen LogP contribution in [0.15, 0.2) is 46.9 Å². The van der Waals surface area contributed by atoms with Gasteiger partial charge < -0.3 is 10.1 Å². The van der Waals surface area contributed by atoms with Gasteiger partial charge in [-0.15, -0.1) is 0 Å². The van der Waals surface area contributed by atoms with Crippen molar-refractivity contribution in [2.24, 2.45) is 0 Å². The topological polar surface area (TPSA) is 38.3 Å². The summed E-state index contributed by atoms with van der Waals surface area (Å²) >= 11 is 3.43. The van der Waals surface area contributed by atoms with Gasteiger partial charge in [-0.05, 0) is 54.8 Å². The van der Waals surface area contributed by atoms with E-state index in [1.807, 2.05) is 49.4 Å². The van der Waals surface area contributed by atoms with Crippen molar-refractivity contribution in [3.63, 3.8) is 0 Å². The number of carbonyl (C=O) groups excluding carboxylic acids is 1. The molecular formula is C17H18BrNO2. The van der Waals surface area contributed by atoms with E-state index in [0.29, 0.717) is 12.1 Å². The highest BCUT2D eigenvalue weighted by molar-refractivity contribution is 9.10. The summed E-state index contributed by atoms with van der Waals surface area (Å²) in [6.07, 6.45) is 0.776. The maximum absolute atomic E-state index is 12.1. The van der Waals surface area contributed by atoms with Gasteiger partial charge in [0.05, 0.1) is 7.11 Å². The molecule has 0 fully saturated rings. The first-order valence-corrected chi connectivity index (χ1v) is 7.56. The monoisotopic (exact) mass is 347 g/mol. The van der Waals surface area contributed by atoms with Crippen molar-refractivity contribution in [2.75, 3.05) is 13.7 Å². The van der Waals surface area contributed by atoms with Crippen LogP contribution in [0.3, 0.4) is 0 Å². The standard InChI is InChI=1S/C17H18BrNO2/c1-12-10-14(6-7-16(12)18)17(20)19-9-8-13-4-3-5-15(11-13)21-2/h3-7,10-11H,8-9H2,1-2H3,(H,19,20). The molecule has 110 valence electrons. The maximum Gasteiger partial charge on any atom is 0.251 e. The van der Waals surface area contributed by atoms with E-state index in [-0.39, 0.29) is 5.91 Å². The number of ether oxygens (including phenoxy) is 1. The predicted molar refractivity (Wildman–Crippen MR) is 87.9 cm³/mol. The zero-order chi connectivity index (χ0) is 15.2. The molecule has 2 rings (SSSR count). The van der Waals surface area contributed by atoms with Crippen LogP contribution in [0.5, 0.6) is 5.75 Å². The molecule has 0 aliphatic heterocycles. The van der Waals surface area contributed by atoms with Crippen molar-refractivity contribution in [1.82, 2.24) is 5.32 Å². The average molecular weight is 348 g/mol. The highest BCUT2D eigenvalue weighted by Gasteiger charge is 2.06. The average Bonchev–Trinajstić information content (AvgIpc) is 2.50. The van der Waals surface area contributed by atoms with Crippen molar-refractivity contribution in [1.29, 1.82) is 0 Å². The summed E-state index contributed by atoms with van der Waals surface area (Å²) in [5.41, 5.74) is 2.87. The largest absolute Gasteiger partial charge is 0.497 e. The molecule has 0 saturated carbocycles. The molecule has 2 aromatic carbocycles. The number of carbonyl (C=O) groups is 1. The molecule has 0 bridgehead atoms. The first kappa shape index (κ1) is 15.6. The fourth-order valence-electron chi connectivity index (χ4n) is 2.04. The van der Waals surface area contributed by atoms with Crippen molar-refractivity contribution < 1.29 is 9.53 Å². The molecule has 21 heavy (non-hydrogen) atoms. The van der Waals surface area contributed by atoms with E-state index in [2.05, 4.69) is 21.2 Å². The molecule has 0 unspecified atom stereocenters. The molecule has 0 spiro atoms. The van der Waals surface area contributed by atoms with Gasteiger partial charge in [0, 0.05) is 16.6 Å². The Labute approximate surface area is 133 Å². The summed E-state index contributed by atoms with van der Waals surface area (Å²) < 4.78 is 6.19. The number of methoxy groups -OCH3 is 1. The van der Waals surface area contributed by atoms with Gasteiger partial charge in [-0.3, -0.25) is 4.79 Å². The Hall–Kier alpha value is -1.81. The Kier molecular flexibility index (Phi) is 5.39. The van der Waals surface area contributed by atoms with E-state index < -0.39 is 0 Å². The number of benzene rings is 2. The lowest BCUT2D eigenvalue weighted by Crippen LogP contribution is -2.25. The lowest BCUT2D eigenvalue weighted by molar-refractivity contribution is 0.0954. The van der Waals surface area contributed by atoms with Crippen LogP contribution in [0.25, 0.3) is 0 Å². The van der Waals surface area contributed by atoms with Crippen molar-refractivity contribution in [3.05, 3.63) is 63.6 Å². The SMILES string of the molecule is COc1cccc(CCNC(=O)c2ccc(Br)c(C)c2)c1. The second-order valence-corrected chi connectivity index (χ2v) is 5.68. The number of nitrogens with one attached hydrogen (secondary N) is 1. The minimum absolute atomic E-state index is 0.0477. The van der Waals surface area contributed by atoms with Gasteiger partial charge in [0.2, 0.25) is 0 Å². The highest BCUT2D eigenvalue weighted by atomic mass is 79.9. The molecule has 4 heteroatoms. The molecule has 0 aromatic heterocycles. The van der Waals surface area contributed by atoms with Gasteiger partial charge in [0.1, 0.15) is 5.75 Å². The fourth-order valence-corrected chi connectivity index (χ4v) is 2.28. The number of hydrogen-bond donors (Lipinski definition) is 1. The molecular weight excluding hydrogens is 330 g/mol. The third-order valence-corrected chi connectivity index (χ3v) is 4.14. The second kappa shape index (κ2) is 7.27. The normalized spacial score (nSPS) is 10.2. The molecule has 1 N–H and O–H groups in total. The van der Waals surface area contributed by atoms with Crippen LogP contribution in [0, 0.1) is 6.92 Å². The molecule has 0 aliphatic carbocycles. The van der Waals surface area contributed by atoms with Gasteiger partial charge in [0.15, 0.2) is 0 Å². The van der Waals surface area contributed by atoms with Crippen LogP contribution in [0.4, 0.5) is 0 Å². The van der Waals surface area contributed by atoms with Crippen molar-refractivity contribution in [3.8, 4) is 5.75 Å². The minimum atomic E-state index is -0.0477. The summed E-state index contributed by atoms with van der Waals surface area (Å²) in [7, 11) is 1.65. The molecule has 0 heterocycles. The van der Waals surface area contributed by atoms with E-state index in [0.717, 1.165) is 27.8 Å². The maximum atomic E-state index is 12.1. The zero-order valence-electron chi connectivity index (χ0n) is 12.2. The summed E-state index contributed by atoms with van der Waals surface area (Å²) in [5.74, 6) is 0.788.